The van der Waals surface area contributed by atoms with Crippen molar-refractivity contribution in [2.75, 3.05) is 0 Å². The lowest BCUT2D eigenvalue weighted by molar-refractivity contribution is -0.311. The molecule has 114 valence electrons. The Kier molecular flexibility index (Phi) is 6.19. The van der Waals surface area contributed by atoms with Crippen molar-refractivity contribution >= 4 is 17.8 Å². The predicted octanol–water partition coefficient (Wildman–Crippen LogP) is -0.291. The van der Waals surface area contributed by atoms with Crippen molar-refractivity contribution in [3.8, 4) is 5.75 Å². The highest BCUT2D eigenvalue weighted by Gasteiger charge is 2.11. The molecular weight excluding hydrogens is 276 g/mol. The van der Waals surface area contributed by atoms with Crippen LogP contribution in [0.5, 0.6) is 5.75 Å². The van der Waals surface area contributed by atoms with Crippen LogP contribution in [0.3, 0.4) is 0 Å². The maximum Gasteiger partial charge on any atom is 0.269 e. The third kappa shape index (κ3) is 5.52. The van der Waals surface area contributed by atoms with Gasteiger partial charge in [-0.15, -0.1) is 0 Å². The summed E-state index contributed by atoms with van der Waals surface area (Å²) in [6, 6.07) is 5.50. The molecule has 2 amide bonds. The van der Waals surface area contributed by atoms with Gasteiger partial charge >= 0.3 is 0 Å². The number of phenolic OH excluding ortho intramolecular Hbond substituents is 1. The van der Waals surface area contributed by atoms with E-state index >= 15 is 0 Å². The highest BCUT2D eigenvalue weighted by Crippen LogP contribution is 2.10. The predicted molar refractivity (Wildman–Crippen MR) is 71.7 cm³/mol. The molecule has 21 heavy (non-hydrogen) atoms. The number of aromatic hydroxyl groups is 1. The first-order valence-corrected chi connectivity index (χ1v) is 6.53. The Hall–Kier alpha value is -2.57. The molecule has 1 aromatic carbocycles. The second-order valence-electron chi connectivity index (χ2n) is 4.51. The summed E-state index contributed by atoms with van der Waals surface area (Å²) >= 11 is 0. The molecule has 3 N–H and O–H groups in total. The first-order chi connectivity index (χ1) is 9.93. The summed E-state index contributed by atoms with van der Waals surface area (Å²) in [5, 5.41) is 19.8. The van der Waals surface area contributed by atoms with Gasteiger partial charge in [0.25, 0.3) is 5.91 Å². The minimum atomic E-state index is -1.18. The Labute approximate surface area is 121 Å². The zero-order valence-corrected chi connectivity index (χ0v) is 11.6. The summed E-state index contributed by atoms with van der Waals surface area (Å²) < 4.78 is 0. The number of amides is 2. The molecule has 1 aromatic rings. The van der Waals surface area contributed by atoms with Gasteiger partial charge in [0.15, 0.2) is 0 Å². The van der Waals surface area contributed by atoms with Gasteiger partial charge in [-0.3, -0.25) is 20.4 Å². The Balaban J connectivity index is 2.37. The second-order valence-corrected chi connectivity index (χ2v) is 4.51. The van der Waals surface area contributed by atoms with Crippen LogP contribution < -0.4 is 16.0 Å². The summed E-state index contributed by atoms with van der Waals surface area (Å²) in [4.78, 5) is 33.8. The molecule has 0 unspecified atom stereocenters. The van der Waals surface area contributed by atoms with Crippen molar-refractivity contribution in [3.63, 3.8) is 0 Å². The first kappa shape index (κ1) is 16.5. The van der Waals surface area contributed by atoms with Crippen LogP contribution >= 0.6 is 0 Å². The number of nitrogens with one attached hydrogen (secondary N) is 2. The van der Waals surface area contributed by atoms with E-state index in [1.807, 2.05) is 0 Å². The molecule has 0 aliphatic heterocycles. The van der Waals surface area contributed by atoms with Crippen LogP contribution in [0.4, 0.5) is 0 Å². The van der Waals surface area contributed by atoms with Crippen LogP contribution in [-0.4, -0.2) is 22.9 Å². The van der Waals surface area contributed by atoms with Gasteiger partial charge in [-0.25, -0.2) is 0 Å². The average Bonchev–Trinajstić information content (AvgIpc) is 2.45. The van der Waals surface area contributed by atoms with E-state index in [2.05, 4.69) is 10.9 Å². The van der Waals surface area contributed by atoms with E-state index in [1.165, 1.54) is 24.3 Å². The number of hydrogen-bond donors (Lipinski definition) is 3. The largest absolute Gasteiger partial charge is 0.550 e. The molecular formula is C14H17N2O5-. The zero-order valence-electron chi connectivity index (χ0n) is 11.6. The fourth-order valence-electron chi connectivity index (χ4n) is 1.67. The van der Waals surface area contributed by atoms with Gasteiger partial charge < -0.3 is 15.0 Å². The van der Waals surface area contributed by atoms with E-state index in [-0.39, 0.29) is 24.2 Å². The lowest BCUT2D eigenvalue weighted by Gasteiger charge is -2.15. The van der Waals surface area contributed by atoms with E-state index in [9.17, 15) is 19.5 Å². The van der Waals surface area contributed by atoms with Crippen LogP contribution in [0.15, 0.2) is 24.3 Å². The van der Waals surface area contributed by atoms with Gasteiger partial charge in [0.1, 0.15) is 5.75 Å². The maximum atomic E-state index is 11.7. The Bertz CT molecular complexity index is 513. The number of hydrogen-bond acceptors (Lipinski definition) is 5. The monoisotopic (exact) mass is 293 g/mol. The Morgan fingerprint density at radius 3 is 2.33 bits per heavy atom. The highest BCUT2D eigenvalue weighted by atomic mass is 16.4. The van der Waals surface area contributed by atoms with Crippen LogP contribution in [0.1, 0.15) is 36.5 Å². The number of phenols is 1. The van der Waals surface area contributed by atoms with E-state index in [0.29, 0.717) is 6.42 Å². The summed E-state index contributed by atoms with van der Waals surface area (Å²) in [7, 11) is 0. The molecule has 0 fully saturated rings. The van der Waals surface area contributed by atoms with Gasteiger partial charge in [-0.2, -0.15) is 0 Å². The lowest BCUT2D eigenvalue weighted by atomic mass is 10.0. The SMILES string of the molecule is CC[C@H](CCC(=O)NNC(=O)c1ccc(O)cc1)C(=O)[O-]. The van der Waals surface area contributed by atoms with Crippen LogP contribution in [0.2, 0.25) is 0 Å². The number of hydrazine groups is 1. The van der Waals surface area contributed by atoms with Gasteiger partial charge in [0.2, 0.25) is 5.91 Å². The van der Waals surface area contributed by atoms with Crippen LogP contribution in [0.25, 0.3) is 0 Å². The van der Waals surface area contributed by atoms with Crippen molar-refractivity contribution in [1.82, 2.24) is 10.9 Å². The van der Waals surface area contributed by atoms with Gasteiger partial charge in [-0.1, -0.05) is 6.92 Å². The summed E-state index contributed by atoms with van der Waals surface area (Å²) in [5.74, 6) is -2.84. The summed E-state index contributed by atoms with van der Waals surface area (Å²) in [6.07, 6.45) is 0.511. The van der Waals surface area contributed by atoms with Crippen molar-refractivity contribution in [1.29, 1.82) is 0 Å². The van der Waals surface area contributed by atoms with Crippen LogP contribution in [0, 0.1) is 5.92 Å². The van der Waals surface area contributed by atoms with Gasteiger partial charge in [-0.05, 0) is 43.0 Å². The van der Waals surface area contributed by atoms with Crippen molar-refractivity contribution in [3.05, 3.63) is 29.8 Å². The number of carbonyl (C=O) groups excluding carboxylic acids is 3. The van der Waals surface area contributed by atoms with Crippen molar-refractivity contribution < 1.29 is 24.6 Å². The third-order valence-corrected chi connectivity index (χ3v) is 2.99. The summed E-state index contributed by atoms with van der Waals surface area (Å²) in [6.45, 7) is 1.70. The zero-order chi connectivity index (χ0) is 15.8. The molecule has 0 aromatic heterocycles. The molecule has 0 spiro atoms. The molecule has 0 aliphatic rings. The van der Waals surface area contributed by atoms with E-state index in [1.54, 1.807) is 6.92 Å². The maximum absolute atomic E-state index is 11.7. The van der Waals surface area contributed by atoms with E-state index < -0.39 is 23.7 Å². The minimum Gasteiger partial charge on any atom is -0.550 e. The number of benzene rings is 1. The Morgan fingerprint density at radius 2 is 1.81 bits per heavy atom. The molecule has 1 atom stereocenters. The summed E-state index contributed by atoms with van der Waals surface area (Å²) in [5.41, 5.74) is 4.68. The Morgan fingerprint density at radius 1 is 1.19 bits per heavy atom. The quantitative estimate of drug-likeness (QED) is 0.623. The molecule has 0 aliphatic carbocycles. The van der Waals surface area contributed by atoms with Crippen LogP contribution in [-0.2, 0) is 9.59 Å². The molecule has 0 saturated heterocycles. The van der Waals surface area contributed by atoms with Gasteiger partial charge in [0, 0.05) is 18.0 Å². The number of aliphatic carboxylic acids is 1. The standard InChI is InChI=1S/C14H18N2O5/c1-2-9(14(20)21)5-8-12(18)15-16-13(19)10-3-6-11(17)7-4-10/h3-4,6-7,9,17H,2,5,8H2,1H3,(H,15,18)(H,16,19)(H,20,21)/p-1/t9-/m1/s1. The third-order valence-electron chi connectivity index (χ3n) is 2.99. The van der Waals surface area contributed by atoms with Gasteiger partial charge in [0.05, 0.1) is 0 Å². The van der Waals surface area contributed by atoms with E-state index in [0.717, 1.165) is 0 Å². The lowest BCUT2D eigenvalue weighted by Crippen LogP contribution is -2.42. The smallest absolute Gasteiger partial charge is 0.269 e. The molecule has 0 radical (unpaired) electrons. The van der Waals surface area contributed by atoms with E-state index in [4.69, 9.17) is 5.11 Å². The molecule has 0 bridgehead atoms. The molecule has 0 saturated carbocycles. The molecule has 0 heterocycles. The molecule has 7 heteroatoms. The number of carbonyl (C=O) groups is 3. The average molecular weight is 293 g/mol. The first-order valence-electron chi connectivity index (χ1n) is 6.53. The fraction of sp³-hybridized carbons (Fsp3) is 0.357. The molecule has 1 rings (SSSR count). The topological polar surface area (TPSA) is 119 Å². The normalized spacial score (nSPS) is 11.5. The minimum absolute atomic E-state index is 0.0255. The second kappa shape index (κ2) is 7.88. The fourth-order valence-corrected chi connectivity index (χ4v) is 1.67. The number of carboxylic acid groups (broad SMARTS) is 1. The molecule has 7 nitrogen and oxygen atoms in total. The highest BCUT2D eigenvalue weighted by molar-refractivity contribution is 5.95. The number of carboxylic acids is 1. The van der Waals surface area contributed by atoms with Crippen molar-refractivity contribution in [2.45, 2.75) is 26.2 Å². The van der Waals surface area contributed by atoms with Crippen molar-refractivity contribution in [2.24, 2.45) is 5.92 Å². The number of rotatable bonds is 6.